The van der Waals surface area contributed by atoms with E-state index in [0.717, 1.165) is 23.7 Å². The number of aromatic nitrogens is 2. The summed E-state index contributed by atoms with van der Waals surface area (Å²) < 4.78 is 5.12. The summed E-state index contributed by atoms with van der Waals surface area (Å²) >= 11 is 13.4. The van der Waals surface area contributed by atoms with E-state index < -0.39 is 0 Å². The zero-order chi connectivity index (χ0) is 23.5. The number of nitrogens with one attached hydrogen (secondary N) is 1. The van der Waals surface area contributed by atoms with Crippen molar-refractivity contribution in [2.24, 2.45) is 0 Å². The smallest absolute Gasteiger partial charge is 0.263 e. The average molecular weight is 508 g/mol. The fourth-order valence-corrected chi connectivity index (χ4v) is 5.01. The Hall–Kier alpha value is -2.46. The molecule has 3 aromatic rings. The van der Waals surface area contributed by atoms with Gasteiger partial charge in [0.25, 0.3) is 11.8 Å². The predicted octanol–water partition coefficient (Wildman–Crippen LogP) is 3.94. The molecule has 0 unspecified atom stereocenters. The van der Waals surface area contributed by atoms with Crippen LogP contribution in [-0.4, -0.2) is 57.9 Å². The van der Waals surface area contributed by atoms with Crippen molar-refractivity contribution in [2.75, 3.05) is 26.2 Å². The second-order valence-corrected chi connectivity index (χ2v) is 9.76. The molecule has 0 aliphatic carbocycles. The van der Waals surface area contributed by atoms with Crippen LogP contribution in [0.1, 0.15) is 42.1 Å². The van der Waals surface area contributed by atoms with E-state index in [2.05, 4.69) is 20.4 Å². The van der Waals surface area contributed by atoms with Crippen LogP contribution in [0.4, 0.5) is 0 Å². The molecule has 33 heavy (non-hydrogen) atoms. The Labute approximate surface area is 205 Å². The molecule has 0 bridgehead atoms. The van der Waals surface area contributed by atoms with Crippen LogP contribution in [0.5, 0.6) is 0 Å². The molecule has 0 radical (unpaired) electrons. The third-order valence-corrected chi connectivity index (χ3v) is 7.07. The summed E-state index contributed by atoms with van der Waals surface area (Å²) in [7, 11) is 0. The number of piperazine rings is 1. The zero-order valence-corrected chi connectivity index (χ0v) is 20.6. The molecule has 2 aromatic heterocycles. The quantitative estimate of drug-likeness (QED) is 0.543. The molecular weight excluding hydrogens is 485 g/mol. The minimum atomic E-state index is -0.195. The number of hydrogen-bond donors (Lipinski definition) is 1. The zero-order valence-electron chi connectivity index (χ0n) is 18.2. The monoisotopic (exact) mass is 507 g/mol. The first-order valence-electron chi connectivity index (χ1n) is 10.4. The van der Waals surface area contributed by atoms with Gasteiger partial charge in [-0.25, -0.2) is 4.98 Å². The van der Waals surface area contributed by atoms with E-state index in [1.807, 2.05) is 4.90 Å². The van der Waals surface area contributed by atoms with Gasteiger partial charge in [-0.1, -0.05) is 34.4 Å². The van der Waals surface area contributed by atoms with Crippen LogP contribution >= 0.6 is 34.5 Å². The first-order chi connectivity index (χ1) is 15.8. The Bertz CT molecular complexity index is 1150. The van der Waals surface area contributed by atoms with Crippen LogP contribution in [0.3, 0.4) is 0 Å². The van der Waals surface area contributed by atoms with E-state index in [9.17, 15) is 9.59 Å². The van der Waals surface area contributed by atoms with E-state index in [-0.39, 0.29) is 11.8 Å². The summed E-state index contributed by atoms with van der Waals surface area (Å²) in [4.78, 5) is 34.3. The van der Waals surface area contributed by atoms with E-state index in [0.29, 0.717) is 58.1 Å². The van der Waals surface area contributed by atoms with Gasteiger partial charge in [0.2, 0.25) is 0 Å². The summed E-state index contributed by atoms with van der Waals surface area (Å²) in [6, 6.07) is 5.18. The van der Waals surface area contributed by atoms with Crippen LogP contribution < -0.4 is 5.32 Å². The Balaban J connectivity index is 1.27. The van der Waals surface area contributed by atoms with Crippen LogP contribution in [0.25, 0.3) is 0 Å². The molecule has 11 heteroatoms. The maximum atomic E-state index is 12.8. The van der Waals surface area contributed by atoms with Gasteiger partial charge in [0.05, 0.1) is 18.4 Å². The van der Waals surface area contributed by atoms with Crippen molar-refractivity contribution in [1.29, 1.82) is 0 Å². The molecule has 0 atom stereocenters. The van der Waals surface area contributed by atoms with E-state index in [1.54, 1.807) is 38.2 Å². The van der Waals surface area contributed by atoms with Crippen molar-refractivity contribution in [3.63, 3.8) is 0 Å². The number of carbonyl (C=O) groups excluding carboxylic acids is 2. The van der Waals surface area contributed by atoms with Gasteiger partial charge in [0, 0.05) is 42.8 Å². The summed E-state index contributed by atoms with van der Waals surface area (Å²) in [6.07, 6.45) is 1.59. The maximum Gasteiger partial charge on any atom is 0.263 e. The predicted molar refractivity (Wildman–Crippen MR) is 127 cm³/mol. The number of rotatable bonds is 6. The standard InChI is InChI=1S/C22H23Cl2N5O3S/c1-13-20(14(2)32-27-13)22(31)29-7-5-28(6-8-29)12-19-25-11-18(33-19)21(30)26-10-15-3-4-16(23)9-17(15)24/h3-4,9,11H,5-8,10,12H2,1-2H3,(H,26,30). The second-order valence-electron chi connectivity index (χ2n) is 7.80. The van der Waals surface area contributed by atoms with Crippen molar-refractivity contribution in [1.82, 2.24) is 25.3 Å². The van der Waals surface area contributed by atoms with Crippen molar-refractivity contribution in [2.45, 2.75) is 26.9 Å². The number of thiazole rings is 1. The highest BCUT2D eigenvalue weighted by atomic mass is 35.5. The molecular formula is C22H23Cl2N5O3S. The molecule has 1 fully saturated rings. The van der Waals surface area contributed by atoms with Gasteiger partial charge in [-0.3, -0.25) is 14.5 Å². The Kier molecular flexibility index (Phi) is 7.33. The average Bonchev–Trinajstić information content (AvgIpc) is 3.39. The second kappa shape index (κ2) is 10.2. The molecule has 1 aliphatic rings. The lowest BCUT2D eigenvalue weighted by Crippen LogP contribution is -2.48. The van der Waals surface area contributed by atoms with E-state index in [4.69, 9.17) is 27.7 Å². The SMILES string of the molecule is Cc1noc(C)c1C(=O)N1CCN(Cc2ncc(C(=O)NCc3ccc(Cl)cc3Cl)s2)CC1. The largest absolute Gasteiger partial charge is 0.361 e. The number of benzene rings is 1. The summed E-state index contributed by atoms with van der Waals surface area (Å²) in [5, 5.41) is 8.66. The fraction of sp³-hybridized carbons (Fsp3) is 0.364. The highest BCUT2D eigenvalue weighted by Crippen LogP contribution is 2.22. The summed E-state index contributed by atoms with van der Waals surface area (Å²) in [5.41, 5.74) is 1.97. The van der Waals surface area contributed by atoms with Gasteiger partial charge in [-0.15, -0.1) is 11.3 Å². The lowest BCUT2D eigenvalue weighted by molar-refractivity contribution is 0.0626. The molecule has 3 heterocycles. The van der Waals surface area contributed by atoms with Crippen molar-refractivity contribution in [3.8, 4) is 0 Å². The molecule has 174 valence electrons. The van der Waals surface area contributed by atoms with Gasteiger partial charge in [-0.05, 0) is 31.5 Å². The minimum Gasteiger partial charge on any atom is -0.361 e. The molecule has 1 aliphatic heterocycles. The van der Waals surface area contributed by atoms with Crippen LogP contribution in [0.2, 0.25) is 10.0 Å². The third-order valence-electron chi connectivity index (χ3n) is 5.50. The Morgan fingerprint density at radius 3 is 2.61 bits per heavy atom. The van der Waals surface area contributed by atoms with Gasteiger partial charge >= 0.3 is 0 Å². The highest BCUT2D eigenvalue weighted by molar-refractivity contribution is 7.13. The van der Waals surface area contributed by atoms with Gasteiger partial charge in [-0.2, -0.15) is 0 Å². The van der Waals surface area contributed by atoms with Crippen molar-refractivity contribution in [3.05, 3.63) is 66.9 Å². The van der Waals surface area contributed by atoms with Crippen molar-refractivity contribution < 1.29 is 14.1 Å². The lowest BCUT2D eigenvalue weighted by atomic mass is 10.1. The molecule has 1 N–H and O–H groups in total. The number of nitrogens with zero attached hydrogens (tertiary/aromatic N) is 4. The first kappa shape index (κ1) is 23.7. The van der Waals surface area contributed by atoms with E-state index >= 15 is 0 Å². The summed E-state index contributed by atoms with van der Waals surface area (Å²) in [5.74, 6) is 0.311. The molecule has 8 nitrogen and oxygen atoms in total. The fourth-order valence-electron chi connectivity index (χ4n) is 3.66. The molecule has 1 aromatic carbocycles. The summed E-state index contributed by atoms with van der Waals surface area (Å²) in [6.45, 7) is 7.16. The Morgan fingerprint density at radius 2 is 1.94 bits per heavy atom. The van der Waals surface area contributed by atoms with Gasteiger partial charge < -0.3 is 14.7 Å². The van der Waals surface area contributed by atoms with Crippen LogP contribution in [0, 0.1) is 13.8 Å². The highest BCUT2D eigenvalue weighted by Gasteiger charge is 2.27. The van der Waals surface area contributed by atoms with Crippen LogP contribution in [-0.2, 0) is 13.1 Å². The Morgan fingerprint density at radius 1 is 1.18 bits per heavy atom. The first-order valence-corrected chi connectivity index (χ1v) is 12.0. The number of halogens is 2. The van der Waals surface area contributed by atoms with Crippen molar-refractivity contribution >= 4 is 46.4 Å². The molecule has 0 spiro atoms. The third kappa shape index (κ3) is 5.55. The molecule has 0 saturated carbocycles. The lowest BCUT2D eigenvalue weighted by Gasteiger charge is -2.34. The number of amides is 2. The molecule has 1 saturated heterocycles. The minimum absolute atomic E-state index is 0.0418. The normalized spacial score (nSPS) is 14.5. The number of aryl methyl sites for hydroxylation is 2. The van der Waals surface area contributed by atoms with Gasteiger partial charge in [0.15, 0.2) is 0 Å². The maximum absolute atomic E-state index is 12.8. The topological polar surface area (TPSA) is 91.6 Å². The number of carbonyl (C=O) groups is 2. The van der Waals surface area contributed by atoms with Gasteiger partial charge in [0.1, 0.15) is 21.2 Å². The van der Waals surface area contributed by atoms with Crippen LogP contribution in [0.15, 0.2) is 28.9 Å². The van der Waals surface area contributed by atoms with E-state index in [1.165, 1.54) is 11.3 Å². The molecule has 2 amide bonds. The number of hydrogen-bond acceptors (Lipinski definition) is 7. The molecule has 4 rings (SSSR count).